The van der Waals surface area contributed by atoms with Crippen LogP contribution in [0, 0.1) is 11.8 Å². The zero-order chi connectivity index (χ0) is 21.1. The summed E-state index contributed by atoms with van der Waals surface area (Å²) in [6, 6.07) is 0. The van der Waals surface area contributed by atoms with Gasteiger partial charge in [0, 0.05) is 0 Å². The Hall–Kier alpha value is 0.150. The van der Waals surface area contributed by atoms with E-state index in [0.29, 0.717) is 31.2 Å². The molecule has 0 aromatic rings. The van der Waals surface area contributed by atoms with E-state index in [-0.39, 0.29) is 0 Å². The molecule has 0 aromatic carbocycles. The van der Waals surface area contributed by atoms with Crippen molar-refractivity contribution in [2.24, 2.45) is 11.8 Å². The molecule has 0 saturated carbocycles. The predicted octanol–water partition coefficient (Wildman–Crippen LogP) is 9.01. The summed E-state index contributed by atoms with van der Waals surface area (Å²) in [4.78, 5) is 0. The second-order valence-electron chi connectivity index (χ2n) is 9.31. The van der Waals surface area contributed by atoms with Gasteiger partial charge in [-0.1, -0.05) is 118 Å². The lowest BCUT2D eigenvalue weighted by Gasteiger charge is -2.20. The van der Waals surface area contributed by atoms with Crippen LogP contribution in [0.2, 0.25) is 0 Å². The maximum absolute atomic E-state index is 12.9. The van der Waals surface area contributed by atoms with Gasteiger partial charge in [-0.05, 0) is 18.3 Å². The fraction of sp³-hybridized carbons (Fsp3) is 1.00. The minimum Gasteiger partial charge on any atom is -0.308 e. The van der Waals surface area contributed by atoms with Crippen molar-refractivity contribution in [3.8, 4) is 0 Å². The topological polar surface area (TPSA) is 35.5 Å². The summed E-state index contributed by atoms with van der Waals surface area (Å²) in [7, 11) is -2.91. The van der Waals surface area contributed by atoms with Crippen LogP contribution in [0.15, 0.2) is 0 Å². The van der Waals surface area contributed by atoms with Crippen LogP contribution in [0.1, 0.15) is 125 Å². The van der Waals surface area contributed by atoms with Crippen LogP contribution in [0.25, 0.3) is 0 Å². The zero-order valence-corrected chi connectivity index (χ0v) is 20.7. The highest BCUT2D eigenvalue weighted by Crippen LogP contribution is 2.49. The molecule has 170 valence electrons. The molecule has 0 aromatic heterocycles. The number of hydrogen-bond acceptors (Lipinski definition) is 3. The Bertz CT molecular complexity index is 353. The molecule has 0 atom stereocenters. The number of unbranched alkanes of at least 4 members (excludes halogenated alkanes) is 13. The van der Waals surface area contributed by atoms with Gasteiger partial charge in [0.2, 0.25) is 0 Å². The molecule has 0 heterocycles. The van der Waals surface area contributed by atoms with Gasteiger partial charge in [-0.25, -0.2) is 0 Å². The average Bonchev–Trinajstić information content (AvgIpc) is 2.65. The van der Waals surface area contributed by atoms with E-state index in [2.05, 4.69) is 34.6 Å². The van der Waals surface area contributed by atoms with E-state index in [1.165, 1.54) is 77.0 Å². The van der Waals surface area contributed by atoms with Crippen LogP contribution in [0.4, 0.5) is 0 Å². The lowest BCUT2D eigenvalue weighted by Crippen LogP contribution is -2.08. The second-order valence-corrected chi connectivity index (χ2v) is 11.5. The first kappa shape index (κ1) is 28.1. The molecule has 0 spiro atoms. The predicted molar refractivity (Wildman–Crippen MR) is 124 cm³/mol. The fourth-order valence-electron chi connectivity index (χ4n) is 3.19. The molecule has 0 N–H and O–H groups in total. The second kappa shape index (κ2) is 19.1. The van der Waals surface area contributed by atoms with Crippen LogP contribution >= 0.6 is 7.60 Å². The number of hydrogen-bond donors (Lipinski definition) is 0. The van der Waals surface area contributed by atoms with Gasteiger partial charge in [-0.2, -0.15) is 0 Å². The maximum atomic E-state index is 12.9. The van der Waals surface area contributed by atoms with Crippen molar-refractivity contribution in [1.29, 1.82) is 0 Å². The molecule has 0 saturated heterocycles. The molecule has 0 bridgehead atoms. The highest BCUT2D eigenvalue weighted by Gasteiger charge is 2.24. The largest absolute Gasteiger partial charge is 0.330 e. The summed E-state index contributed by atoms with van der Waals surface area (Å²) < 4.78 is 24.3. The summed E-state index contributed by atoms with van der Waals surface area (Å²) in [6.07, 6.45) is 19.2. The lowest BCUT2D eigenvalue weighted by atomic mass is 10.0. The van der Waals surface area contributed by atoms with Crippen molar-refractivity contribution >= 4 is 7.60 Å². The quantitative estimate of drug-likeness (QED) is 0.138. The number of rotatable bonds is 21. The van der Waals surface area contributed by atoms with E-state index in [4.69, 9.17) is 9.05 Å². The minimum absolute atomic E-state index is 0.382. The Labute approximate surface area is 177 Å². The van der Waals surface area contributed by atoms with Gasteiger partial charge in [-0.15, -0.1) is 0 Å². The van der Waals surface area contributed by atoms with Gasteiger partial charge in [0.15, 0.2) is 0 Å². The summed E-state index contributed by atoms with van der Waals surface area (Å²) in [5.74, 6) is 0.764. The summed E-state index contributed by atoms with van der Waals surface area (Å²) in [6.45, 7) is 11.7. The van der Waals surface area contributed by atoms with Crippen molar-refractivity contribution in [1.82, 2.24) is 0 Å². The Morgan fingerprint density at radius 2 is 0.893 bits per heavy atom. The van der Waals surface area contributed by atoms with Crippen molar-refractivity contribution < 1.29 is 13.6 Å². The molecule has 0 rings (SSSR count). The standard InChI is InChI=1S/C24H51O3P/c1-6-7-8-9-10-11-12-13-14-15-16-17-18-19-20-28(25,26-21-23(2)3)27-22-24(4)5/h23-24H,6-22H2,1-5H3. The summed E-state index contributed by atoms with van der Waals surface area (Å²) >= 11 is 0. The van der Waals surface area contributed by atoms with Crippen molar-refractivity contribution in [2.45, 2.75) is 125 Å². The molecule has 0 fully saturated rings. The summed E-state index contributed by atoms with van der Waals surface area (Å²) in [5, 5.41) is 0. The molecule has 0 aliphatic carbocycles. The van der Waals surface area contributed by atoms with Crippen LogP contribution < -0.4 is 0 Å². The molecule has 0 radical (unpaired) electrons. The van der Waals surface area contributed by atoms with Crippen LogP contribution in [-0.2, 0) is 13.6 Å². The van der Waals surface area contributed by atoms with E-state index in [1.54, 1.807) is 0 Å². The monoisotopic (exact) mass is 418 g/mol. The first-order valence-corrected chi connectivity index (χ1v) is 14.0. The highest BCUT2D eigenvalue weighted by atomic mass is 31.2. The molecule has 4 heteroatoms. The first-order valence-electron chi connectivity index (χ1n) is 12.3. The third-order valence-electron chi connectivity index (χ3n) is 4.99. The molecule has 0 amide bonds. The van der Waals surface area contributed by atoms with Crippen molar-refractivity contribution in [3.63, 3.8) is 0 Å². The zero-order valence-electron chi connectivity index (χ0n) is 19.8. The first-order chi connectivity index (χ1) is 13.4. The summed E-state index contributed by atoms with van der Waals surface area (Å²) in [5.41, 5.74) is 0. The van der Waals surface area contributed by atoms with Gasteiger partial charge in [0.05, 0.1) is 19.4 Å². The van der Waals surface area contributed by atoms with E-state index in [9.17, 15) is 4.57 Å². The van der Waals surface area contributed by atoms with Crippen LogP contribution in [-0.4, -0.2) is 19.4 Å². The van der Waals surface area contributed by atoms with E-state index in [1.807, 2.05) is 0 Å². The minimum atomic E-state index is -2.91. The van der Waals surface area contributed by atoms with Gasteiger partial charge in [-0.3, -0.25) is 4.57 Å². The Morgan fingerprint density at radius 3 is 1.21 bits per heavy atom. The van der Waals surface area contributed by atoms with Gasteiger partial charge in [0.25, 0.3) is 0 Å². The Kier molecular flexibility index (Phi) is 19.2. The molecule has 3 nitrogen and oxygen atoms in total. The highest BCUT2D eigenvalue weighted by molar-refractivity contribution is 7.53. The van der Waals surface area contributed by atoms with Gasteiger partial charge in [0.1, 0.15) is 0 Å². The van der Waals surface area contributed by atoms with Crippen molar-refractivity contribution in [3.05, 3.63) is 0 Å². The maximum Gasteiger partial charge on any atom is 0.330 e. The Morgan fingerprint density at radius 1 is 0.571 bits per heavy atom. The third kappa shape index (κ3) is 19.5. The van der Waals surface area contributed by atoms with Crippen LogP contribution in [0.3, 0.4) is 0 Å². The molecule has 0 aliphatic rings. The lowest BCUT2D eigenvalue weighted by molar-refractivity contribution is 0.172. The third-order valence-corrected chi connectivity index (χ3v) is 6.94. The van der Waals surface area contributed by atoms with Gasteiger partial charge < -0.3 is 9.05 Å². The smallest absolute Gasteiger partial charge is 0.308 e. The van der Waals surface area contributed by atoms with E-state index in [0.717, 1.165) is 12.8 Å². The fourth-order valence-corrected chi connectivity index (χ4v) is 5.19. The van der Waals surface area contributed by atoms with Gasteiger partial charge >= 0.3 is 7.60 Å². The molecular formula is C24H51O3P. The molecule has 28 heavy (non-hydrogen) atoms. The average molecular weight is 419 g/mol. The Balaban J connectivity index is 3.64. The normalized spacial score (nSPS) is 12.4. The van der Waals surface area contributed by atoms with Crippen LogP contribution in [0.5, 0.6) is 0 Å². The van der Waals surface area contributed by atoms with E-state index >= 15 is 0 Å². The molecular weight excluding hydrogens is 367 g/mol. The molecule has 0 unspecified atom stereocenters. The van der Waals surface area contributed by atoms with Crippen molar-refractivity contribution in [2.75, 3.05) is 19.4 Å². The molecule has 0 aliphatic heterocycles. The van der Waals surface area contributed by atoms with E-state index < -0.39 is 7.60 Å². The SMILES string of the molecule is CCCCCCCCCCCCCCCCP(=O)(OCC(C)C)OCC(C)C.